The van der Waals surface area contributed by atoms with E-state index < -0.39 is 11.0 Å². The molecule has 1 N–H and O–H groups in total. The number of methoxy groups -OCH3 is 1. The third kappa shape index (κ3) is 6.36. The summed E-state index contributed by atoms with van der Waals surface area (Å²) < 4.78 is 28.4. The lowest BCUT2D eigenvalue weighted by molar-refractivity contribution is 0.0460. The molecule has 0 spiro atoms. The molecule has 0 aliphatic carbocycles. The molecule has 1 heterocycles. The van der Waals surface area contributed by atoms with Crippen molar-refractivity contribution in [2.24, 2.45) is 0 Å². The Morgan fingerprint density at radius 1 is 1.09 bits per heavy atom. The fourth-order valence-corrected chi connectivity index (χ4v) is 4.27. The summed E-state index contributed by atoms with van der Waals surface area (Å²) in [6.45, 7) is 10.6. The summed E-state index contributed by atoms with van der Waals surface area (Å²) >= 11 is 0. The highest BCUT2D eigenvalue weighted by Crippen LogP contribution is 2.31. The predicted octanol–water partition coefficient (Wildman–Crippen LogP) is 5.65. The number of nitrogens with zero attached hydrogens (tertiary/aromatic N) is 1. The molecule has 0 saturated heterocycles. The Morgan fingerprint density at radius 2 is 1.79 bits per heavy atom. The van der Waals surface area contributed by atoms with Crippen LogP contribution in [0, 0.1) is 0 Å². The van der Waals surface area contributed by atoms with E-state index in [-0.39, 0.29) is 23.4 Å². The Morgan fingerprint density at radius 3 is 2.41 bits per heavy atom. The Hall–Kier alpha value is -2.90. The van der Waals surface area contributed by atoms with Gasteiger partial charge in [0.05, 0.1) is 22.8 Å². The lowest BCUT2D eigenvalue weighted by Crippen LogP contribution is -2.34. The number of hydrogen-bond donors (Lipinski definition) is 1. The molecular formula is C27H34N2O4S. The van der Waals surface area contributed by atoms with Gasteiger partial charge in [-0.2, -0.15) is 0 Å². The molecule has 3 aromatic rings. The van der Waals surface area contributed by atoms with Crippen LogP contribution in [0.4, 0.5) is 0 Å². The average Bonchev–Trinajstić information content (AvgIpc) is 3.27. The molecule has 6 nitrogen and oxygen atoms in total. The minimum atomic E-state index is -1.21. The summed E-state index contributed by atoms with van der Waals surface area (Å²) in [4.78, 5) is 12.8. The first-order valence-electron chi connectivity index (χ1n) is 11.4. The number of aromatic nitrogens is 1. The summed E-state index contributed by atoms with van der Waals surface area (Å²) in [7, 11) is 0.414. The molecule has 34 heavy (non-hydrogen) atoms. The molecule has 0 aliphatic rings. The normalized spacial score (nSPS) is 13.4. The number of rotatable bonds is 9. The molecule has 0 bridgehead atoms. The van der Waals surface area contributed by atoms with Gasteiger partial charge < -0.3 is 14.0 Å². The number of carbonyl (C=O) groups excluding carboxylic acids is 1. The van der Waals surface area contributed by atoms with Crippen molar-refractivity contribution < 1.29 is 18.5 Å². The highest BCUT2D eigenvalue weighted by atomic mass is 32.2. The van der Waals surface area contributed by atoms with E-state index in [0.717, 1.165) is 22.3 Å². The van der Waals surface area contributed by atoms with E-state index in [1.54, 1.807) is 7.11 Å². The van der Waals surface area contributed by atoms with Crippen LogP contribution in [0.25, 0.3) is 11.1 Å². The smallest absolute Gasteiger partial charge is 0.355 e. The van der Waals surface area contributed by atoms with Crippen LogP contribution < -0.4 is 9.46 Å². The van der Waals surface area contributed by atoms with Gasteiger partial charge in [-0.15, -0.1) is 0 Å². The lowest BCUT2D eigenvalue weighted by atomic mass is 10.0. The average molecular weight is 483 g/mol. The van der Waals surface area contributed by atoms with Gasteiger partial charge in [0.15, 0.2) is 0 Å². The zero-order chi connectivity index (χ0) is 24.9. The van der Waals surface area contributed by atoms with Gasteiger partial charge >= 0.3 is 5.97 Å². The maximum atomic E-state index is 12.8. The Labute approximate surface area is 204 Å². The first-order chi connectivity index (χ1) is 16.1. The van der Waals surface area contributed by atoms with Crippen LogP contribution in [0.2, 0.25) is 0 Å². The van der Waals surface area contributed by atoms with E-state index in [0.29, 0.717) is 18.0 Å². The molecule has 0 fully saturated rings. The maximum absolute atomic E-state index is 12.8. The van der Waals surface area contributed by atoms with E-state index in [9.17, 15) is 9.00 Å². The number of aryl methyl sites for hydroxylation is 1. The van der Waals surface area contributed by atoms with Crippen LogP contribution >= 0.6 is 0 Å². The Kier molecular flexibility index (Phi) is 8.33. The summed E-state index contributed by atoms with van der Waals surface area (Å²) in [5.74, 6) is 0.329. The molecule has 0 unspecified atom stereocenters. The van der Waals surface area contributed by atoms with E-state index in [2.05, 4.69) is 4.72 Å². The van der Waals surface area contributed by atoms with Gasteiger partial charge in [-0.1, -0.05) is 30.3 Å². The number of carbonyl (C=O) groups is 1. The minimum Gasteiger partial charge on any atom is -0.497 e. The van der Waals surface area contributed by atoms with Crippen molar-refractivity contribution in [3.63, 3.8) is 0 Å². The molecule has 3 rings (SSSR count). The highest BCUT2D eigenvalue weighted by Gasteiger charge is 2.23. The van der Waals surface area contributed by atoms with Crippen molar-refractivity contribution in [3.05, 3.63) is 77.6 Å². The highest BCUT2D eigenvalue weighted by molar-refractivity contribution is 7.84. The fraction of sp³-hybridized carbons (Fsp3) is 0.370. The second-order valence-electron chi connectivity index (χ2n) is 9.18. The van der Waals surface area contributed by atoms with Gasteiger partial charge in [-0.05, 0) is 75.6 Å². The van der Waals surface area contributed by atoms with Crippen LogP contribution in [0.3, 0.4) is 0 Å². The molecule has 2 atom stereocenters. The monoisotopic (exact) mass is 482 g/mol. The van der Waals surface area contributed by atoms with Crippen molar-refractivity contribution in [1.82, 2.24) is 9.29 Å². The molecule has 2 aromatic carbocycles. The Balaban J connectivity index is 1.87. The summed E-state index contributed by atoms with van der Waals surface area (Å²) in [6, 6.07) is 17.2. The fourth-order valence-electron chi connectivity index (χ4n) is 3.46. The quantitative estimate of drug-likeness (QED) is 0.400. The standard InChI is InChI=1S/C27H34N2O4S/c1-7-29-17-23(16-25(29)26(30)33-18-20-11-9-8-10-12-20)22-13-21(14-24(15-22)32-6)19(2)28-34(31)27(3,4)5/h8-17,19,28H,7,18H2,1-6H3/t19-,34+/m1/s1. The first kappa shape index (κ1) is 25.7. The van der Waals surface area contributed by atoms with Gasteiger partial charge in [-0.3, -0.25) is 0 Å². The zero-order valence-electron chi connectivity index (χ0n) is 20.8. The minimum absolute atomic E-state index is 0.155. The van der Waals surface area contributed by atoms with Crippen molar-refractivity contribution >= 4 is 17.0 Å². The molecular weight excluding hydrogens is 448 g/mol. The summed E-state index contributed by atoms with van der Waals surface area (Å²) in [6.07, 6.45) is 1.95. The van der Waals surface area contributed by atoms with Crippen LogP contribution in [-0.2, 0) is 28.9 Å². The van der Waals surface area contributed by atoms with Crippen molar-refractivity contribution in [2.45, 2.75) is 58.6 Å². The maximum Gasteiger partial charge on any atom is 0.355 e. The number of esters is 1. The molecule has 0 aliphatic heterocycles. The SMILES string of the molecule is CCn1cc(-c2cc(OC)cc([C@@H](C)N[S@@](=O)C(C)(C)C)c2)cc1C(=O)OCc1ccccc1. The van der Waals surface area contributed by atoms with Crippen LogP contribution in [0.5, 0.6) is 5.75 Å². The van der Waals surface area contributed by atoms with Gasteiger partial charge in [0.2, 0.25) is 0 Å². The molecule has 0 saturated carbocycles. The molecule has 7 heteroatoms. The molecule has 0 radical (unpaired) electrons. The molecule has 182 valence electrons. The van der Waals surface area contributed by atoms with E-state index in [1.165, 1.54) is 0 Å². The van der Waals surface area contributed by atoms with Crippen LogP contribution in [0.15, 0.2) is 60.8 Å². The van der Waals surface area contributed by atoms with Gasteiger partial charge in [0.25, 0.3) is 0 Å². The molecule has 1 aromatic heterocycles. The number of nitrogens with one attached hydrogen (secondary N) is 1. The number of ether oxygens (including phenoxy) is 2. The van der Waals surface area contributed by atoms with E-state index in [4.69, 9.17) is 9.47 Å². The van der Waals surface area contributed by atoms with Crippen LogP contribution in [-0.4, -0.2) is 26.6 Å². The topological polar surface area (TPSA) is 69.6 Å². The van der Waals surface area contributed by atoms with E-state index in [1.807, 2.05) is 100.0 Å². The number of hydrogen-bond acceptors (Lipinski definition) is 4. The second kappa shape index (κ2) is 11.0. The van der Waals surface area contributed by atoms with Crippen LogP contribution in [0.1, 0.15) is 62.3 Å². The van der Waals surface area contributed by atoms with Gasteiger partial charge in [0, 0.05) is 24.3 Å². The largest absolute Gasteiger partial charge is 0.497 e. The van der Waals surface area contributed by atoms with Crippen molar-refractivity contribution in [2.75, 3.05) is 7.11 Å². The second-order valence-corrected chi connectivity index (χ2v) is 11.2. The summed E-state index contributed by atoms with van der Waals surface area (Å²) in [5, 5.41) is 0. The third-order valence-electron chi connectivity index (χ3n) is 5.50. The zero-order valence-corrected chi connectivity index (χ0v) is 21.6. The molecule has 0 amide bonds. The predicted molar refractivity (Wildman–Crippen MR) is 137 cm³/mol. The van der Waals surface area contributed by atoms with Gasteiger partial charge in [0.1, 0.15) is 18.1 Å². The van der Waals surface area contributed by atoms with Crippen molar-refractivity contribution in [1.29, 1.82) is 0 Å². The number of benzene rings is 2. The first-order valence-corrected chi connectivity index (χ1v) is 12.6. The van der Waals surface area contributed by atoms with Gasteiger partial charge in [-0.25, -0.2) is 13.7 Å². The lowest BCUT2D eigenvalue weighted by Gasteiger charge is -2.22. The van der Waals surface area contributed by atoms with Crippen molar-refractivity contribution in [3.8, 4) is 16.9 Å². The Bertz CT molecular complexity index is 1150. The van der Waals surface area contributed by atoms with E-state index >= 15 is 0 Å². The summed E-state index contributed by atoms with van der Waals surface area (Å²) in [5.41, 5.74) is 4.19. The third-order valence-corrected chi connectivity index (χ3v) is 7.18.